The number of aromatic nitrogens is 1. The molecule has 2 rings (SSSR count). The van der Waals surface area contributed by atoms with Gasteiger partial charge < -0.3 is 21.2 Å². The number of nitrogens with two attached hydrogens (primary N) is 2. The van der Waals surface area contributed by atoms with Crippen LogP contribution in [0.5, 0.6) is 0 Å². The van der Waals surface area contributed by atoms with E-state index >= 15 is 0 Å². The molecule has 0 amide bonds. The molecule has 0 saturated carbocycles. The molecule has 0 aliphatic carbocycles. The fraction of sp³-hybridized carbons (Fsp3) is 0.562. The molecule has 1 aromatic heterocycles. The molecule has 1 atom stereocenters. The van der Waals surface area contributed by atoms with Gasteiger partial charge in [-0.05, 0) is 48.5 Å². The summed E-state index contributed by atoms with van der Waals surface area (Å²) in [5.41, 5.74) is 13.3. The van der Waals surface area contributed by atoms with E-state index in [1.807, 2.05) is 32.6 Å². The summed E-state index contributed by atoms with van der Waals surface area (Å²) in [6, 6.07) is 0. The third kappa shape index (κ3) is 8.47. The molecule has 24 heavy (non-hydrogen) atoms. The average Bonchev–Trinajstić information content (AvgIpc) is 2.82. The number of thiazole rings is 1. The van der Waals surface area contributed by atoms with Gasteiger partial charge in [0, 0.05) is 15.5 Å². The predicted octanol–water partition coefficient (Wildman–Crippen LogP) is 3.06. The second-order valence-electron chi connectivity index (χ2n) is 5.58. The topological polar surface area (TPSA) is 102 Å². The summed E-state index contributed by atoms with van der Waals surface area (Å²) < 4.78 is 0. The number of ketones is 2. The van der Waals surface area contributed by atoms with Gasteiger partial charge in [0.15, 0.2) is 5.13 Å². The number of aryl methyl sites for hydroxylation is 2. The van der Waals surface area contributed by atoms with Gasteiger partial charge in [0.2, 0.25) is 0 Å². The van der Waals surface area contributed by atoms with E-state index in [0.29, 0.717) is 11.7 Å². The SMILES string of the molecule is CC(=O)CN1C(C)=C(C)SC1N.CC(C)=O.Cc1nc(N)sc1C. The Morgan fingerprint density at radius 1 is 1.17 bits per heavy atom. The molecule has 0 spiro atoms. The van der Waals surface area contributed by atoms with Crippen LogP contribution in [0.4, 0.5) is 5.13 Å². The largest absolute Gasteiger partial charge is 0.375 e. The van der Waals surface area contributed by atoms with Crippen molar-refractivity contribution in [1.29, 1.82) is 0 Å². The maximum atomic E-state index is 10.9. The molecule has 2 heterocycles. The van der Waals surface area contributed by atoms with Crippen molar-refractivity contribution in [3.05, 3.63) is 21.2 Å². The molecule has 6 nitrogen and oxygen atoms in total. The Labute approximate surface area is 152 Å². The van der Waals surface area contributed by atoms with Crippen LogP contribution in [-0.4, -0.2) is 33.5 Å². The molecule has 1 aliphatic heterocycles. The van der Waals surface area contributed by atoms with E-state index < -0.39 is 0 Å². The number of rotatable bonds is 2. The first-order chi connectivity index (χ1) is 11.0. The number of carbonyl (C=O) groups is 2. The minimum Gasteiger partial charge on any atom is -0.375 e. The quantitative estimate of drug-likeness (QED) is 0.822. The van der Waals surface area contributed by atoms with E-state index in [1.165, 1.54) is 35.0 Å². The molecule has 0 aromatic carbocycles. The molecule has 1 aromatic rings. The highest BCUT2D eigenvalue weighted by Gasteiger charge is 2.25. The Balaban J connectivity index is 0.000000379. The standard InChI is InChI=1S/C8H14N2OS.C5H8N2S.C3H6O/c1-5(11)4-10-6(2)7(3)12-8(10)9;1-3-4(2)8-5(6)7-3;1-3(2)4/h8H,4,9H2,1-3H3;1-2H3,(H2,6,7);1-2H3. The smallest absolute Gasteiger partial charge is 0.180 e. The second kappa shape index (κ2) is 10.5. The number of allylic oxidation sites excluding steroid dienone is 2. The van der Waals surface area contributed by atoms with E-state index in [1.54, 1.807) is 18.7 Å². The van der Waals surface area contributed by atoms with Crippen LogP contribution >= 0.6 is 23.1 Å². The van der Waals surface area contributed by atoms with Gasteiger partial charge in [-0.15, -0.1) is 11.3 Å². The van der Waals surface area contributed by atoms with Crippen LogP contribution in [0.1, 0.15) is 45.2 Å². The highest BCUT2D eigenvalue weighted by Crippen LogP contribution is 2.34. The summed E-state index contributed by atoms with van der Waals surface area (Å²) in [5.74, 6) is 0.320. The van der Waals surface area contributed by atoms with Crippen molar-refractivity contribution >= 4 is 39.8 Å². The summed E-state index contributed by atoms with van der Waals surface area (Å²) in [6.45, 7) is 13.1. The van der Waals surface area contributed by atoms with Gasteiger partial charge in [0.1, 0.15) is 17.1 Å². The zero-order valence-electron chi connectivity index (χ0n) is 15.5. The van der Waals surface area contributed by atoms with E-state index in [9.17, 15) is 9.59 Å². The van der Waals surface area contributed by atoms with Gasteiger partial charge in [-0.25, -0.2) is 4.98 Å². The lowest BCUT2D eigenvalue weighted by atomic mass is 10.3. The van der Waals surface area contributed by atoms with Crippen LogP contribution < -0.4 is 11.5 Å². The molecule has 1 unspecified atom stereocenters. The lowest BCUT2D eigenvalue weighted by Crippen LogP contribution is -2.37. The van der Waals surface area contributed by atoms with Crippen molar-refractivity contribution in [2.75, 3.05) is 12.3 Å². The highest BCUT2D eigenvalue weighted by atomic mass is 32.2. The Morgan fingerprint density at radius 2 is 1.67 bits per heavy atom. The summed E-state index contributed by atoms with van der Waals surface area (Å²) in [6.07, 6.45) is 0. The molecule has 1 aliphatic rings. The van der Waals surface area contributed by atoms with Crippen LogP contribution in [0.3, 0.4) is 0 Å². The summed E-state index contributed by atoms with van der Waals surface area (Å²) in [7, 11) is 0. The highest BCUT2D eigenvalue weighted by molar-refractivity contribution is 8.03. The van der Waals surface area contributed by atoms with Crippen LogP contribution in [0.15, 0.2) is 10.6 Å². The Hall–Kier alpha value is -1.38. The number of hydrogen-bond donors (Lipinski definition) is 2. The number of nitrogen functional groups attached to an aromatic ring is 1. The van der Waals surface area contributed by atoms with Gasteiger partial charge in [0.05, 0.1) is 12.2 Å². The molecule has 0 bridgehead atoms. The second-order valence-corrected chi connectivity index (χ2v) is 8.15. The van der Waals surface area contributed by atoms with E-state index in [2.05, 4.69) is 4.98 Å². The Morgan fingerprint density at radius 3 is 1.88 bits per heavy atom. The fourth-order valence-corrected chi connectivity index (χ4v) is 3.37. The lowest BCUT2D eigenvalue weighted by Gasteiger charge is -2.22. The number of carbonyl (C=O) groups excluding carboxylic acids is 2. The van der Waals surface area contributed by atoms with Crippen molar-refractivity contribution in [2.45, 2.75) is 54.0 Å². The number of nitrogens with zero attached hydrogens (tertiary/aromatic N) is 2. The van der Waals surface area contributed by atoms with Crippen molar-refractivity contribution in [2.24, 2.45) is 5.73 Å². The molecule has 0 radical (unpaired) electrons. The Bertz CT molecular complexity index is 588. The van der Waals surface area contributed by atoms with Gasteiger partial charge in [-0.2, -0.15) is 0 Å². The molecule has 4 N–H and O–H groups in total. The van der Waals surface area contributed by atoms with Crippen molar-refractivity contribution in [1.82, 2.24) is 9.88 Å². The third-order valence-electron chi connectivity index (χ3n) is 2.98. The number of Topliss-reactive ketones (excluding diaryl/α,β-unsaturated/α-hetero) is 2. The number of hydrogen-bond acceptors (Lipinski definition) is 8. The first-order valence-corrected chi connectivity index (χ1v) is 9.17. The van der Waals surface area contributed by atoms with Crippen molar-refractivity contribution in [3.8, 4) is 0 Å². The van der Waals surface area contributed by atoms with E-state index in [0.717, 1.165) is 11.4 Å². The van der Waals surface area contributed by atoms with Crippen molar-refractivity contribution in [3.63, 3.8) is 0 Å². The predicted molar refractivity (Wildman–Crippen MR) is 104 cm³/mol. The zero-order valence-corrected chi connectivity index (χ0v) is 17.1. The molecular weight excluding hydrogens is 344 g/mol. The Kier molecular flexibility index (Phi) is 9.88. The summed E-state index contributed by atoms with van der Waals surface area (Å²) >= 11 is 3.15. The van der Waals surface area contributed by atoms with Crippen LogP contribution in [0.2, 0.25) is 0 Å². The zero-order chi connectivity index (χ0) is 19.0. The van der Waals surface area contributed by atoms with Crippen molar-refractivity contribution < 1.29 is 9.59 Å². The van der Waals surface area contributed by atoms with Gasteiger partial charge in [-0.3, -0.25) is 4.79 Å². The van der Waals surface area contributed by atoms with Gasteiger partial charge in [0.25, 0.3) is 0 Å². The average molecular weight is 373 g/mol. The molecule has 8 heteroatoms. The fourth-order valence-electron chi connectivity index (χ4n) is 1.67. The van der Waals surface area contributed by atoms with Crippen LogP contribution in [0.25, 0.3) is 0 Å². The normalized spacial score (nSPS) is 16.2. The van der Waals surface area contributed by atoms with Gasteiger partial charge >= 0.3 is 0 Å². The van der Waals surface area contributed by atoms with E-state index in [-0.39, 0.29) is 17.1 Å². The summed E-state index contributed by atoms with van der Waals surface area (Å²) in [4.78, 5) is 28.7. The first-order valence-electron chi connectivity index (χ1n) is 7.48. The lowest BCUT2D eigenvalue weighted by molar-refractivity contribution is -0.118. The summed E-state index contributed by atoms with van der Waals surface area (Å²) in [5, 5.41) is 0.667. The molecule has 0 saturated heterocycles. The van der Waals surface area contributed by atoms with Gasteiger partial charge in [-0.1, -0.05) is 11.8 Å². The maximum absolute atomic E-state index is 10.9. The first kappa shape index (κ1) is 22.6. The van der Waals surface area contributed by atoms with E-state index in [4.69, 9.17) is 11.5 Å². The number of anilines is 1. The number of thioether (sulfide) groups is 1. The molecular formula is C16H28N4O2S2. The monoisotopic (exact) mass is 372 g/mol. The minimum atomic E-state index is -0.0751. The minimum absolute atomic E-state index is 0.0751. The van der Waals surface area contributed by atoms with Crippen LogP contribution in [-0.2, 0) is 9.59 Å². The molecule has 136 valence electrons. The maximum Gasteiger partial charge on any atom is 0.180 e. The van der Waals surface area contributed by atoms with Crippen LogP contribution in [0, 0.1) is 13.8 Å². The molecule has 0 fully saturated rings. The third-order valence-corrected chi connectivity index (χ3v) is 5.03.